The number of carboxylic acids is 1. The first-order valence-electron chi connectivity index (χ1n) is 23.2. The molecule has 0 aliphatic rings. The fraction of sp³-hybridized carbons (Fsp3) is 0.889. The zero-order valence-electron chi connectivity index (χ0n) is 36.5. The van der Waals surface area contributed by atoms with E-state index in [1.165, 1.54) is 141 Å². The molecule has 0 saturated heterocycles. The van der Waals surface area contributed by atoms with Crippen molar-refractivity contribution in [2.45, 2.75) is 238 Å². The van der Waals surface area contributed by atoms with Crippen molar-refractivity contribution in [3.8, 4) is 0 Å². The van der Waals surface area contributed by atoms with Crippen molar-refractivity contribution in [2.75, 3.05) is 19.8 Å². The third-order valence-electron chi connectivity index (χ3n) is 10.3. The molecule has 0 heterocycles. The average molecular weight is 832 g/mol. The van der Waals surface area contributed by atoms with E-state index in [1.807, 2.05) is 0 Å². The minimum Gasteiger partial charge on any atom is -0.480 e. The molecular weight excluding hydrogens is 745 g/mol. The molecule has 0 fully saturated rings. The summed E-state index contributed by atoms with van der Waals surface area (Å²) in [7, 11) is -4.71. The van der Waals surface area contributed by atoms with E-state index in [9.17, 15) is 23.8 Å². The van der Waals surface area contributed by atoms with E-state index < -0.39 is 51.1 Å². The zero-order chi connectivity index (χ0) is 42.1. The second-order valence-electron chi connectivity index (χ2n) is 15.9. The average Bonchev–Trinajstić information content (AvgIpc) is 3.19. The Morgan fingerprint density at radius 2 is 0.877 bits per heavy atom. The number of ether oxygens (including phenoxy) is 2. The van der Waals surface area contributed by atoms with Gasteiger partial charge >= 0.3 is 25.7 Å². The van der Waals surface area contributed by atoms with Crippen LogP contribution in [-0.4, -0.2) is 59.9 Å². The highest BCUT2D eigenvalue weighted by Crippen LogP contribution is 2.43. The number of aliphatic carboxylic acids is 1. The van der Waals surface area contributed by atoms with Crippen LogP contribution in [0.25, 0.3) is 0 Å². The van der Waals surface area contributed by atoms with Gasteiger partial charge in [0.1, 0.15) is 12.6 Å². The van der Waals surface area contributed by atoms with E-state index in [-0.39, 0.29) is 19.4 Å². The first kappa shape index (κ1) is 55.2. The predicted octanol–water partition coefficient (Wildman–Crippen LogP) is 12.5. The molecule has 11 nitrogen and oxygen atoms in total. The summed E-state index contributed by atoms with van der Waals surface area (Å²) in [6.07, 6.45) is 41.4. The van der Waals surface area contributed by atoms with Crippen molar-refractivity contribution in [3.05, 3.63) is 12.2 Å². The lowest BCUT2D eigenvalue weighted by atomic mass is 10.0. The molecule has 0 spiro atoms. The number of carbonyl (C=O) groups excluding carboxylic acids is 2. The molecule has 336 valence electrons. The molecule has 0 amide bonds. The molecule has 0 aliphatic carbocycles. The van der Waals surface area contributed by atoms with Crippen molar-refractivity contribution < 1.29 is 47.5 Å². The van der Waals surface area contributed by atoms with E-state index in [0.717, 1.165) is 44.9 Å². The van der Waals surface area contributed by atoms with E-state index >= 15 is 0 Å². The summed E-state index contributed by atoms with van der Waals surface area (Å²) in [5.74, 6) is -2.38. The quantitative estimate of drug-likeness (QED) is 0.0231. The lowest BCUT2D eigenvalue weighted by molar-refractivity contribution is -0.161. The number of esters is 2. The first-order valence-corrected chi connectivity index (χ1v) is 24.7. The van der Waals surface area contributed by atoms with Crippen LogP contribution in [0.3, 0.4) is 0 Å². The van der Waals surface area contributed by atoms with E-state index in [0.29, 0.717) is 12.8 Å². The molecule has 0 rings (SSSR count). The zero-order valence-corrected chi connectivity index (χ0v) is 37.3. The third kappa shape index (κ3) is 40.8. The number of phosphoric ester groups is 1. The van der Waals surface area contributed by atoms with Crippen LogP contribution in [0.15, 0.2) is 12.2 Å². The van der Waals surface area contributed by atoms with Gasteiger partial charge in [0.2, 0.25) is 0 Å². The summed E-state index contributed by atoms with van der Waals surface area (Å²) in [5.41, 5.74) is 5.34. The van der Waals surface area contributed by atoms with Crippen molar-refractivity contribution in [3.63, 3.8) is 0 Å². The number of rotatable bonds is 44. The van der Waals surface area contributed by atoms with Gasteiger partial charge in [-0.2, -0.15) is 0 Å². The van der Waals surface area contributed by atoms with Crippen LogP contribution in [-0.2, 0) is 37.5 Å². The highest BCUT2D eigenvalue weighted by atomic mass is 31.2. The SMILES string of the molecule is CCCCCCCC/C=C/CCCCCC(=O)OC[C@@H](COP(=O)(O)OC[C@H](N)C(=O)O)OC(=O)CCCCCCCCCCCCCCCCCCCCCC. The molecule has 1 unspecified atom stereocenters. The molecule has 0 aliphatic heterocycles. The Hall–Kier alpha value is -1.78. The number of hydrogen-bond donors (Lipinski definition) is 3. The van der Waals surface area contributed by atoms with Gasteiger partial charge in [0.25, 0.3) is 0 Å². The number of phosphoric acid groups is 1. The number of nitrogens with two attached hydrogens (primary N) is 1. The van der Waals surface area contributed by atoms with Crippen LogP contribution in [0.4, 0.5) is 0 Å². The van der Waals surface area contributed by atoms with Crippen LogP contribution < -0.4 is 5.73 Å². The Bertz CT molecular complexity index is 1030. The van der Waals surface area contributed by atoms with Gasteiger partial charge in [0.15, 0.2) is 6.10 Å². The van der Waals surface area contributed by atoms with Crippen LogP contribution in [0.2, 0.25) is 0 Å². The second-order valence-corrected chi connectivity index (χ2v) is 17.3. The summed E-state index contributed by atoms with van der Waals surface area (Å²) in [6, 6.07) is -1.52. The van der Waals surface area contributed by atoms with Crippen molar-refractivity contribution >= 4 is 25.7 Å². The second kappa shape index (κ2) is 41.0. The van der Waals surface area contributed by atoms with Gasteiger partial charge in [-0.15, -0.1) is 0 Å². The number of carboxylic acid groups (broad SMARTS) is 1. The molecule has 4 N–H and O–H groups in total. The monoisotopic (exact) mass is 832 g/mol. The summed E-state index contributed by atoms with van der Waals surface area (Å²) in [6.45, 7) is 2.81. The summed E-state index contributed by atoms with van der Waals surface area (Å²) < 4.78 is 32.7. The standard InChI is InChI=1S/C45H86NO10P/c1-3-5-7-9-11-13-15-17-18-19-20-21-22-23-25-27-29-31-33-35-37-44(48)56-41(39-54-57(51,52)55-40-42(46)45(49)50)38-53-43(47)36-34-32-30-28-26-24-16-14-12-10-8-6-4-2/h24,26,41-42H,3-23,25,27-40,46H2,1-2H3,(H,49,50)(H,51,52)/b26-24+/t41-,42-/m0/s1. The lowest BCUT2D eigenvalue weighted by Crippen LogP contribution is -2.34. The van der Waals surface area contributed by atoms with Crippen LogP contribution in [0.1, 0.15) is 226 Å². The Labute approximate surface area is 348 Å². The van der Waals surface area contributed by atoms with E-state index in [4.69, 9.17) is 24.8 Å². The molecule has 0 bridgehead atoms. The van der Waals surface area contributed by atoms with Crippen LogP contribution in [0.5, 0.6) is 0 Å². The first-order chi connectivity index (χ1) is 27.6. The molecule has 12 heteroatoms. The summed E-state index contributed by atoms with van der Waals surface area (Å²) >= 11 is 0. The minimum absolute atomic E-state index is 0.164. The number of hydrogen-bond acceptors (Lipinski definition) is 9. The van der Waals surface area contributed by atoms with Crippen molar-refractivity contribution in [1.29, 1.82) is 0 Å². The highest BCUT2D eigenvalue weighted by molar-refractivity contribution is 7.47. The fourth-order valence-electron chi connectivity index (χ4n) is 6.59. The van der Waals surface area contributed by atoms with Crippen LogP contribution >= 0.6 is 7.82 Å². The van der Waals surface area contributed by atoms with E-state index in [2.05, 4.69) is 30.5 Å². The lowest BCUT2D eigenvalue weighted by Gasteiger charge is -2.20. The topological polar surface area (TPSA) is 172 Å². The molecule has 0 aromatic heterocycles. The Morgan fingerprint density at radius 1 is 0.526 bits per heavy atom. The predicted molar refractivity (Wildman–Crippen MR) is 231 cm³/mol. The molecule has 57 heavy (non-hydrogen) atoms. The third-order valence-corrected chi connectivity index (χ3v) is 11.2. The van der Waals surface area contributed by atoms with Gasteiger partial charge in [-0.05, 0) is 38.5 Å². The van der Waals surface area contributed by atoms with Crippen molar-refractivity contribution in [1.82, 2.24) is 0 Å². The number of carbonyl (C=O) groups is 3. The normalized spacial score (nSPS) is 13.8. The molecule has 3 atom stereocenters. The van der Waals surface area contributed by atoms with Gasteiger partial charge < -0.3 is 25.2 Å². The Morgan fingerprint density at radius 3 is 1.30 bits per heavy atom. The van der Waals surface area contributed by atoms with Gasteiger partial charge in [0.05, 0.1) is 13.2 Å². The maximum Gasteiger partial charge on any atom is 0.472 e. The molecular formula is C45H86NO10P. The number of unbranched alkanes of at least 4 members (excludes halogenated alkanes) is 28. The van der Waals surface area contributed by atoms with Gasteiger partial charge in [-0.1, -0.05) is 187 Å². The maximum atomic E-state index is 12.6. The van der Waals surface area contributed by atoms with Crippen molar-refractivity contribution in [2.24, 2.45) is 5.73 Å². The highest BCUT2D eigenvalue weighted by Gasteiger charge is 2.28. The summed E-state index contributed by atoms with van der Waals surface area (Å²) in [4.78, 5) is 46.0. The molecule has 0 saturated carbocycles. The van der Waals surface area contributed by atoms with Gasteiger partial charge in [-0.3, -0.25) is 23.4 Å². The van der Waals surface area contributed by atoms with Crippen LogP contribution in [0, 0.1) is 0 Å². The molecule has 0 aromatic rings. The Kier molecular flexibility index (Phi) is 39.7. The Balaban J connectivity index is 4.27. The van der Waals surface area contributed by atoms with Gasteiger partial charge in [0, 0.05) is 12.8 Å². The van der Waals surface area contributed by atoms with E-state index in [1.54, 1.807) is 0 Å². The summed E-state index contributed by atoms with van der Waals surface area (Å²) in [5, 5.41) is 8.89. The number of allylic oxidation sites excluding steroid dienone is 2. The smallest absolute Gasteiger partial charge is 0.472 e. The largest absolute Gasteiger partial charge is 0.480 e. The molecule has 0 aromatic carbocycles. The van der Waals surface area contributed by atoms with Gasteiger partial charge in [-0.25, -0.2) is 4.57 Å². The maximum absolute atomic E-state index is 12.6. The fourth-order valence-corrected chi connectivity index (χ4v) is 7.37. The molecule has 0 radical (unpaired) electrons. The minimum atomic E-state index is -4.71.